The van der Waals surface area contributed by atoms with Crippen molar-refractivity contribution in [2.24, 2.45) is 0 Å². The van der Waals surface area contributed by atoms with Gasteiger partial charge in [0.15, 0.2) is 0 Å². The first-order valence-electron chi connectivity index (χ1n) is 8.87. The predicted molar refractivity (Wildman–Crippen MR) is 116 cm³/mol. The Morgan fingerprint density at radius 3 is 1.64 bits per heavy atom. The fourth-order valence-electron chi connectivity index (χ4n) is 2.99. The van der Waals surface area contributed by atoms with E-state index in [4.69, 9.17) is 9.47 Å². The van der Waals surface area contributed by atoms with E-state index in [9.17, 15) is 4.79 Å². The van der Waals surface area contributed by atoms with E-state index in [1.807, 2.05) is 85.1 Å². The Morgan fingerprint density at radius 2 is 1.25 bits per heavy atom. The third-order valence-corrected chi connectivity index (χ3v) is 5.39. The zero-order chi connectivity index (χ0) is 19.9. The molecule has 1 atom stereocenters. The number of methoxy groups -OCH3 is 2. The van der Waals surface area contributed by atoms with Crippen LogP contribution in [0.4, 0.5) is 11.4 Å². The van der Waals surface area contributed by atoms with E-state index in [-0.39, 0.29) is 11.2 Å². The van der Waals surface area contributed by atoms with Crippen LogP contribution in [0, 0.1) is 0 Å². The van der Waals surface area contributed by atoms with Crippen molar-refractivity contribution in [2.45, 2.75) is 5.25 Å². The minimum absolute atomic E-state index is 0.00552. The Morgan fingerprint density at radius 1 is 0.786 bits per heavy atom. The van der Waals surface area contributed by atoms with Gasteiger partial charge in [0.2, 0.25) is 5.91 Å². The molecule has 3 aromatic rings. The zero-order valence-corrected chi connectivity index (χ0v) is 17.0. The number of hydrogen-bond acceptors (Lipinski definition) is 4. The molecule has 0 radical (unpaired) electrons. The third-order valence-electron chi connectivity index (χ3n) is 4.44. The van der Waals surface area contributed by atoms with Gasteiger partial charge in [0.1, 0.15) is 16.7 Å². The van der Waals surface area contributed by atoms with Crippen LogP contribution in [0.25, 0.3) is 0 Å². The van der Waals surface area contributed by atoms with E-state index in [0.29, 0.717) is 0 Å². The van der Waals surface area contributed by atoms with Gasteiger partial charge in [0, 0.05) is 11.4 Å². The van der Waals surface area contributed by atoms with Crippen LogP contribution in [0.5, 0.6) is 11.5 Å². The van der Waals surface area contributed by atoms with Crippen LogP contribution in [0.2, 0.25) is 0 Å². The first-order chi connectivity index (χ1) is 13.7. The van der Waals surface area contributed by atoms with Crippen molar-refractivity contribution in [3.63, 3.8) is 0 Å². The number of ether oxygens (including phenoxy) is 2. The van der Waals surface area contributed by atoms with E-state index in [1.54, 1.807) is 19.1 Å². The van der Waals surface area contributed by atoms with E-state index in [2.05, 4.69) is 0 Å². The van der Waals surface area contributed by atoms with Gasteiger partial charge >= 0.3 is 0 Å². The van der Waals surface area contributed by atoms with Crippen LogP contribution in [-0.2, 0) is 4.79 Å². The molecule has 0 saturated carbocycles. The van der Waals surface area contributed by atoms with Gasteiger partial charge in [-0.1, -0.05) is 30.3 Å². The largest absolute Gasteiger partial charge is 0.497 e. The number of hydrogen-bond donors (Lipinski definition) is 0. The number of carbonyl (C=O) groups excluding carboxylic acids is 1. The van der Waals surface area contributed by atoms with Crippen LogP contribution < -0.4 is 14.4 Å². The topological polar surface area (TPSA) is 38.8 Å². The Labute approximate surface area is 170 Å². The first-order valence-corrected chi connectivity index (χ1v) is 10.2. The highest BCUT2D eigenvalue weighted by Gasteiger charge is 2.27. The molecule has 1 unspecified atom stereocenters. The molecule has 0 aliphatic carbocycles. The molecule has 0 bridgehead atoms. The van der Waals surface area contributed by atoms with Crippen LogP contribution >= 0.6 is 11.8 Å². The molecule has 144 valence electrons. The first kappa shape index (κ1) is 19.8. The lowest BCUT2D eigenvalue weighted by Gasteiger charge is -2.27. The van der Waals surface area contributed by atoms with Crippen LogP contribution in [0.3, 0.4) is 0 Å². The van der Waals surface area contributed by atoms with E-state index < -0.39 is 0 Å². The second-order valence-electron chi connectivity index (χ2n) is 6.10. The van der Waals surface area contributed by atoms with Gasteiger partial charge < -0.3 is 9.47 Å². The number of anilines is 2. The molecule has 28 heavy (non-hydrogen) atoms. The van der Waals surface area contributed by atoms with Crippen molar-refractivity contribution in [3.8, 4) is 11.5 Å². The molecule has 0 aliphatic heterocycles. The van der Waals surface area contributed by atoms with Gasteiger partial charge in [-0.3, -0.25) is 9.69 Å². The molecule has 0 aliphatic rings. The SMILES string of the molecule is COc1ccc(N(C(=O)C(SC)c2ccccc2)c2ccc(OC)cc2)cc1. The second-order valence-corrected chi connectivity index (χ2v) is 7.04. The van der Waals surface area contributed by atoms with Gasteiger partial charge in [-0.2, -0.15) is 0 Å². The third kappa shape index (κ3) is 4.31. The summed E-state index contributed by atoms with van der Waals surface area (Å²) in [6.45, 7) is 0. The van der Waals surface area contributed by atoms with E-state index in [1.165, 1.54) is 11.8 Å². The van der Waals surface area contributed by atoms with E-state index in [0.717, 1.165) is 28.4 Å². The molecule has 5 heteroatoms. The zero-order valence-electron chi connectivity index (χ0n) is 16.2. The lowest BCUT2D eigenvalue weighted by molar-refractivity contribution is -0.117. The number of carbonyl (C=O) groups is 1. The summed E-state index contributed by atoms with van der Waals surface area (Å²) in [6, 6.07) is 24.8. The fraction of sp³-hybridized carbons (Fsp3) is 0.174. The molecule has 0 aromatic heterocycles. The van der Waals surface area contributed by atoms with Gasteiger partial charge in [-0.05, 0) is 60.4 Å². The van der Waals surface area contributed by atoms with Crippen molar-refractivity contribution in [1.82, 2.24) is 0 Å². The summed E-state index contributed by atoms with van der Waals surface area (Å²) in [5.74, 6) is 1.49. The summed E-state index contributed by atoms with van der Waals surface area (Å²) in [6.07, 6.45) is 1.95. The van der Waals surface area contributed by atoms with Gasteiger partial charge in [0.25, 0.3) is 0 Å². The molecule has 3 aromatic carbocycles. The maximum atomic E-state index is 13.6. The van der Waals surface area contributed by atoms with Gasteiger partial charge in [0.05, 0.1) is 14.2 Å². The number of benzene rings is 3. The average molecular weight is 394 g/mol. The molecule has 0 N–H and O–H groups in total. The summed E-state index contributed by atoms with van der Waals surface area (Å²) in [4.78, 5) is 15.4. The summed E-state index contributed by atoms with van der Waals surface area (Å²) in [5.41, 5.74) is 2.55. The number of nitrogens with zero attached hydrogens (tertiary/aromatic N) is 1. The highest BCUT2D eigenvalue weighted by molar-refractivity contribution is 7.99. The molecular weight excluding hydrogens is 370 g/mol. The van der Waals surface area contributed by atoms with Gasteiger partial charge in [-0.25, -0.2) is 0 Å². The van der Waals surface area contributed by atoms with Crippen molar-refractivity contribution >= 4 is 29.0 Å². The summed E-state index contributed by atoms with van der Waals surface area (Å²) in [7, 11) is 3.25. The monoisotopic (exact) mass is 393 g/mol. The van der Waals surface area contributed by atoms with Crippen molar-refractivity contribution < 1.29 is 14.3 Å². The smallest absolute Gasteiger partial charge is 0.249 e. The molecular formula is C23H23NO3S. The molecule has 1 amide bonds. The molecule has 4 nitrogen and oxygen atoms in total. The van der Waals surface area contributed by atoms with Crippen molar-refractivity contribution in [1.29, 1.82) is 0 Å². The Hall–Kier alpha value is -2.92. The standard InChI is InChI=1S/C23H23NO3S/c1-26-20-13-9-18(10-14-20)24(19-11-15-21(27-2)16-12-19)23(25)22(28-3)17-7-5-4-6-8-17/h4-16,22H,1-3H3. The maximum absolute atomic E-state index is 13.6. The lowest BCUT2D eigenvalue weighted by atomic mass is 10.1. The van der Waals surface area contributed by atoms with Crippen molar-refractivity contribution in [2.75, 3.05) is 25.4 Å². The van der Waals surface area contributed by atoms with Crippen LogP contribution in [0.15, 0.2) is 78.9 Å². The molecule has 3 rings (SSSR count). The number of amides is 1. The molecule has 0 spiro atoms. The number of rotatable bonds is 7. The summed E-state index contributed by atoms with van der Waals surface area (Å²) >= 11 is 1.52. The minimum Gasteiger partial charge on any atom is -0.497 e. The Bertz CT molecular complexity index is 848. The van der Waals surface area contributed by atoms with Crippen LogP contribution in [-0.4, -0.2) is 26.4 Å². The quantitative estimate of drug-likeness (QED) is 0.533. The van der Waals surface area contributed by atoms with Crippen LogP contribution in [0.1, 0.15) is 10.8 Å². The maximum Gasteiger partial charge on any atom is 0.249 e. The lowest BCUT2D eigenvalue weighted by Crippen LogP contribution is -2.30. The normalized spacial score (nSPS) is 11.5. The Balaban J connectivity index is 2.04. The fourth-order valence-corrected chi connectivity index (χ4v) is 3.73. The number of thioether (sulfide) groups is 1. The average Bonchev–Trinajstić information content (AvgIpc) is 2.76. The molecule has 0 fully saturated rings. The van der Waals surface area contributed by atoms with Gasteiger partial charge in [-0.15, -0.1) is 11.8 Å². The van der Waals surface area contributed by atoms with E-state index >= 15 is 0 Å². The highest BCUT2D eigenvalue weighted by atomic mass is 32.2. The summed E-state index contributed by atoms with van der Waals surface area (Å²) in [5, 5.41) is -0.314. The molecule has 0 saturated heterocycles. The molecule has 0 heterocycles. The Kier molecular flexibility index (Phi) is 6.61. The highest BCUT2D eigenvalue weighted by Crippen LogP contribution is 2.36. The summed E-state index contributed by atoms with van der Waals surface area (Å²) < 4.78 is 10.5. The minimum atomic E-state index is -0.314. The van der Waals surface area contributed by atoms with Crippen molar-refractivity contribution in [3.05, 3.63) is 84.4 Å². The predicted octanol–water partition coefficient (Wildman–Crippen LogP) is 5.47. The second kappa shape index (κ2) is 9.33.